The first-order valence-electron chi connectivity index (χ1n) is 6.44. The van der Waals surface area contributed by atoms with Crippen LogP contribution in [0.3, 0.4) is 0 Å². The first kappa shape index (κ1) is 13.7. The van der Waals surface area contributed by atoms with Gasteiger partial charge < -0.3 is 10.3 Å². The zero-order valence-electron chi connectivity index (χ0n) is 11.3. The molecule has 1 atom stereocenters. The number of rotatable bonds is 3. The Hall–Kier alpha value is -1.73. The molecule has 3 N–H and O–H groups in total. The van der Waals surface area contributed by atoms with Gasteiger partial charge in [-0.15, -0.1) is 0 Å². The lowest BCUT2D eigenvalue weighted by molar-refractivity contribution is 0.0536. The molecule has 0 saturated carbocycles. The van der Waals surface area contributed by atoms with Crippen LogP contribution in [0, 0.1) is 0 Å². The number of nitrogens with one attached hydrogen (secondary N) is 1. The SMILES string of the molecule is CCC1CN(C(=O)c2cncc(NN)n2)CCN1C. The van der Waals surface area contributed by atoms with Gasteiger partial charge in [0.2, 0.25) is 0 Å². The van der Waals surface area contributed by atoms with E-state index >= 15 is 0 Å². The van der Waals surface area contributed by atoms with Gasteiger partial charge in [-0.3, -0.25) is 14.7 Å². The van der Waals surface area contributed by atoms with E-state index in [4.69, 9.17) is 5.84 Å². The van der Waals surface area contributed by atoms with Crippen LogP contribution in [0.15, 0.2) is 12.4 Å². The number of carbonyl (C=O) groups excluding carboxylic acids is 1. The fraction of sp³-hybridized carbons (Fsp3) is 0.583. The summed E-state index contributed by atoms with van der Waals surface area (Å²) in [6.45, 7) is 4.46. The zero-order chi connectivity index (χ0) is 13.8. The van der Waals surface area contributed by atoms with Crippen LogP contribution in [-0.4, -0.2) is 58.4 Å². The summed E-state index contributed by atoms with van der Waals surface area (Å²) in [5.74, 6) is 5.58. The molecule has 0 radical (unpaired) electrons. The summed E-state index contributed by atoms with van der Waals surface area (Å²) in [6.07, 6.45) is 3.98. The smallest absolute Gasteiger partial charge is 0.274 e. The van der Waals surface area contributed by atoms with Crippen LogP contribution < -0.4 is 11.3 Å². The van der Waals surface area contributed by atoms with Crippen LogP contribution in [0.2, 0.25) is 0 Å². The highest BCUT2D eigenvalue weighted by Gasteiger charge is 2.27. The lowest BCUT2D eigenvalue weighted by atomic mass is 10.1. The molecule has 1 aliphatic heterocycles. The molecule has 7 heteroatoms. The molecule has 1 aromatic rings. The molecule has 0 bridgehead atoms. The van der Waals surface area contributed by atoms with E-state index in [1.807, 2.05) is 4.90 Å². The van der Waals surface area contributed by atoms with Gasteiger partial charge in [0, 0.05) is 25.7 Å². The molecule has 19 heavy (non-hydrogen) atoms. The molecular formula is C12H20N6O. The molecule has 7 nitrogen and oxygen atoms in total. The van der Waals surface area contributed by atoms with Gasteiger partial charge in [0.1, 0.15) is 5.69 Å². The van der Waals surface area contributed by atoms with Gasteiger partial charge in [0.15, 0.2) is 5.82 Å². The van der Waals surface area contributed by atoms with Crippen LogP contribution in [0.5, 0.6) is 0 Å². The second kappa shape index (κ2) is 5.94. The number of piperazine rings is 1. The standard InChI is InChI=1S/C12H20N6O/c1-3-9-8-18(5-4-17(9)2)12(19)10-6-14-7-11(15-10)16-13/h6-7,9H,3-5,8,13H2,1-2H3,(H,15,16). The number of carbonyl (C=O) groups is 1. The van der Waals surface area contributed by atoms with E-state index in [1.54, 1.807) is 0 Å². The molecule has 1 fully saturated rings. The highest BCUT2D eigenvalue weighted by Crippen LogP contribution is 2.13. The number of hydrogen-bond acceptors (Lipinski definition) is 6. The Morgan fingerprint density at radius 3 is 3.00 bits per heavy atom. The van der Waals surface area contributed by atoms with Crippen molar-refractivity contribution >= 4 is 11.7 Å². The van der Waals surface area contributed by atoms with Crippen molar-refractivity contribution < 1.29 is 4.79 Å². The molecule has 2 heterocycles. The Morgan fingerprint density at radius 2 is 2.32 bits per heavy atom. The number of anilines is 1. The minimum atomic E-state index is -0.0869. The maximum absolute atomic E-state index is 12.4. The molecule has 1 aliphatic rings. The summed E-state index contributed by atoms with van der Waals surface area (Å²) in [5.41, 5.74) is 2.73. The molecular weight excluding hydrogens is 244 g/mol. The average Bonchev–Trinajstić information content (AvgIpc) is 2.47. The summed E-state index contributed by atoms with van der Waals surface area (Å²) in [6, 6.07) is 0.404. The molecule has 1 saturated heterocycles. The summed E-state index contributed by atoms with van der Waals surface area (Å²) in [5, 5.41) is 0. The third kappa shape index (κ3) is 2.99. The first-order valence-corrected chi connectivity index (χ1v) is 6.44. The quantitative estimate of drug-likeness (QED) is 0.587. The van der Waals surface area contributed by atoms with Gasteiger partial charge in [0.25, 0.3) is 5.91 Å². The summed E-state index contributed by atoms with van der Waals surface area (Å²) in [4.78, 5) is 24.6. The third-order valence-electron chi connectivity index (χ3n) is 3.54. The van der Waals surface area contributed by atoms with Crippen molar-refractivity contribution in [1.29, 1.82) is 0 Å². The normalized spacial score (nSPS) is 20.4. The summed E-state index contributed by atoms with van der Waals surface area (Å²) < 4.78 is 0. The predicted molar refractivity (Wildman–Crippen MR) is 72.5 cm³/mol. The highest BCUT2D eigenvalue weighted by atomic mass is 16.2. The Bertz CT molecular complexity index is 452. The van der Waals surface area contributed by atoms with Crippen molar-refractivity contribution in [2.45, 2.75) is 19.4 Å². The van der Waals surface area contributed by atoms with Gasteiger partial charge in [-0.05, 0) is 13.5 Å². The first-order chi connectivity index (χ1) is 9.15. The van der Waals surface area contributed by atoms with Crippen molar-refractivity contribution in [3.05, 3.63) is 18.1 Å². The van der Waals surface area contributed by atoms with Crippen molar-refractivity contribution in [1.82, 2.24) is 19.8 Å². The number of hydrogen-bond donors (Lipinski definition) is 2. The van der Waals surface area contributed by atoms with Gasteiger partial charge in [0.05, 0.1) is 12.4 Å². The Balaban J connectivity index is 2.10. The van der Waals surface area contributed by atoms with Crippen molar-refractivity contribution in [3.63, 3.8) is 0 Å². The number of hydrazine groups is 1. The molecule has 104 valence electrons. The summed E-state index contributed by atoms with van der Waals surface area (Å²) >= 11 is 0. The average molecular weight is 264 g/mol. The van der Waals surface area contributed by atoms with E-state index in [1.165, 1.54) is 12.4 Å². The lowest BCUT2D eigenvalue weighted by Crippen LogP contribution is -2.53. The number of nitrogens with two attached hydrogens (primary N) is 1. The van der Waals surface area contributed by atoms with Crippen molar-refractivity contribution in [2.75, 3.05) is 32.1 Å². The van der Waals surface area contributed by atoms with Crippen molar-refractivity contribution in [3.8, 4) is 0 Å². The third-order valence-corrected chi connectivity index (χ3v) is 3.54. The molecule has 0 spiro atoms. The lowest BCUT2D eigenvalue weighted by Gasteiger charge is -2.38. The number of amides is 1. The number of nitrogens with zero attached hydrogens (tertiary/aromatic N) is 4. The predicted octanol–water partition coefficient (Wildman–Crippen LogP) is -0.0716. The molecule has 1 unspecified atom stereocenters. The van der Waals surface area contributed by atoms with E-state index in [2.05, 4.69) is 34.3 Å². The van der Waals surface area contributed by atoms with Gasteiger partial charge >= 0.3 is 0 Å². The molecule has 1 aromatic heterocycles. The molecule has 1 amide bonds. The molecule has 0 aromatic carbocycles. The topological polar surface area (TPSA) is 87.4 Å². The second-order valence-corrected chi connectivity index (χ2v) is 4.73. The fourth-order valence-corrected chi connectivity index (χ4v) is 2.27. The van der Waals surface area contributed by atoms with Crippen LogP contribution in [-0.2, 0) is 0 Å². The van der Waals surface area contributed by atoms with Crippen LogP contribution >= 0.6 is 0 Å². The van der Waals surface area contributed by atoms with Gasteiger partial charge in [-0.2, -0.15) is 0 Å². The monoisotopic (exact) mass is 264 g/mol. The van der Waals surface area contributed by atoms with E-state index in [-0.39, 0.29) is 5.91 Å². The maximum Gasteiger partial charge on any atom is 0.274 e. The van der Waals surface area contributed by atoms with E-state index in [0.29, 0.717) is 24.1 Å². The Morgan fingerprint density at radius 1 is 1.53 bits per heavy atom. The van der Waals surface area contributed by atoms with Crippen LogP contribution in [0.1, 0.15) is 23.8 Å². The van der Waals surface area contributed by atoms with E-state index in [0.717, 1.165) is 19.5 Å². The highest BCUT2D eigenvalue weighted by molar-refractivity contribution is 5.92. The van der Waals surface area contributed by atoms with Crippen LogP contribution in [0.25, 0.3) is 0 Å². The van der Waals surface area contributed by atoms with Gasteiger partial charge in [-0.1, -0.05) is 6.92 Å². The minimum Gasteiger partial charge on any atom is -0.334 e. The van der Waals surface area contributed by atoms with E-state index < -0.39 is 0 Å². The molecule has 2 rings (SSSR count). The Labute approximate surface area is 112 Å². The van der Waals surface area contributed by atoms with Gasteiger partial charge in [-0.25, -0.2) is 10.8 Å². The van der Waals surface area contributed by atoms with Crippen LogP contribution in [0.4, 0.5) is 5.82 Å². The number of aromatic nitrogens is 2. The second-order valence-electron chi connectivity index (χ2n) is 4.73. The van der Waals surface area contributed by atoms with E-state index in [9.17, 15) is 4.79 Å². The zero-order valence-corrected chi connectivity index (χ0v) is 11.3. The Kier molecular flexibility index (Phi) is 4.28. The summed E-state index contributed by atoms with van der Waals surface area (Å²) in [7, 11) is 2.09. The number of likely N-dealkylation sites (N-methyl/N-ethyl adjacent to an activating group) is 1. The minimum absolute atomic E-state index is 0.0869. The maximum atomic E-state index is 12.4. The fourth-order valence-electron chi connectivity index (χ4n) is 2.27. The largest absolute Gasteiger partial charge is 0.334 e. The number of nitrogen functional groups attached to an aromatic ring is 1. The molecule has 0 aliphatic carbocycles. The van der Waals surface area contributed by atoms with Crippen molar-refractivity contribution in [2.24, 2.45) is 5.84 Å².